The maximum atomic E-state index is 10.5. The average molecular weight is 275 g/mol. The molecule has 0 aromatic heterocycles. The van der Waals surface area contributed by atoms with Gasteiger partial charge in [0.15, 0.2) is 0 Å². The van der Waals surface area contributed by atoms with Gasteiger partial charge in [-0.25, -0.2) is 0 Å². The highest BCUT2D eigenvalue weighted by atomic mass is 79.9. The first kappa shape index (κ1) is 11.3. The van der Waals surface area contributed by atoms with Crippen molar-refractivity contribution in [2.24, 2.45) is 5.73 Å². The zero-order valence-electron chi connectivity index (χ0n) is 7.34. The summed E-state index contributed by atoms with van der Waals surface area (Å²) in [5, 5.41) is 0.670. The van der Waals surface area contributed by atoms with Crippen molar-refractivity contribution in [1.82, 2.24) is 0 Å². The summed E-state index contributed by atoms with van der Waals surface area (Å²) < 4.78 is 0.894. The van der Waals surface area contributed by atoms with Crippen LogP contribution in [0.15, 0.2) is 28.7 Å². The van der Waals surface area contributed by atoms with Crippen molar-refractivity contribution in [1.29, 1.82) is 0 Å². The van der Waals surface area contributed by atoms with Gasteiger partial charge in [0, 0.05) is 15.9 Å². The summed E-state index contributed by atoms with van der Waals surface area (Å²) in [6.07, 6.45) is 3.79. The molecule has 1 rings (SSSR count). The molecule has 0 aliphatic heterocycles. The molecule has 0 heterocycles. The Morgan fingerprint density at radius 2 is 2.29 bits per heavy atom. The summed E-state index contributed by atoms with van der Waals surface area (Å²) in [6.45, 7) is 0. The zero-order chi connectivity index (χ0) is 10.6. The minimum atomic E-state index is -0.341. The van der Waals surface area contributed by atoms with Crippen molar-refractivity contribution in [2.75, 3.05) is 0 Å². The van der Waals surface area contributed by atoms with Gasteiger partial charge in [-0.2, -0.15) is 0 Å². The molecule has 0 atom stereocenters. The maximum absolute atomic E-state index is 10.5. The number of nitrogens with two attached hydrogens (primary N) is 1. The normalized spacial score (nSPS) is 10.7. The summed E-state index contributed by atoms with van der Waals surface area (Å²) in [4.78, 5) is 10.5. The van der Waals surface area contributed by atoms with Crippen LogP contribution in [0.4, 0.5) is 0 Å². The van der Waals surface area contributed by atoms with Gasteiger partial charge in [-0.1, -0.05) is 45.7 Å². The molecule has 0 saturated carbocycles. The molecule has 0 unspecified atom stereocenters. The van der Waals surface area contributed by atoms with Crippen molar-refractivity contribution in [2.45, 2.75) is 6.42 Å². The lowest BCUT2D eigenvalue weighted by Crippen LogP contribution is -2.07. The first-order chi connectivity index (χ1) is 6.59. The molecule has 0 aliphatic rings. The van der Waals surface area contributed by atoms with Crippen molar-refractivity contribution < 1.29 is 4.79 Å². The third kappa shape index (κ3) is 3.52. The van der Waals surface area contributed by atoms with E-state index in [2.05, 4.69) is 15.9 Å². The topological polar surface area (TPSA) is 43.1 Å². The van der Waals surface area contributed by atoms with Crippen LogP contribution < -0.4 is 5.73 Å². The number of hydrogen-bond donors (Lipinski definition) is 1. The highest BCUT2D eigenvalue weighted by Gasteiger charge is 1.96. The fourth-order valence-corrected chi connectivity index (χ4v) is 1.75. The minimum absolute atomic E-state index is 0.245. The van der Waals surface area contributed by atoms with Gasteiger partial charge in [0.05, 0.1) is 0 Å². The molecule has 4 heteroatoms. The molecule has 2 nitrogen and oxygen atoms in total. The lowest BCUT2D eigenvalue weighted by molar-refractivity contribution is -0.117. The SMILES string of the molecule is NC(=O)CC=Cc1ccc(Cl)cc1Br. The van der Waals surface area contributed by atoms with E-state index in [4.69, 9.17) is 17.3 Å². The van der Waals surface area contributed by atoms with Crippen LogP contribution in [0, 0.1) is 0 Å². The largest absolute Gasteiger partial charge is 0.369 e. The first-order valence-electron chi connectivity index (χ1n) is 3.99. The van der Waals surface area contributed by atoms with E-state index >= 15 is 0 Å². The number of carbonyl (C=O) groups is 1. The van der Waals surface area contributed by atoms with Crippen molar-refractivity contribution in [3.05, 3.63) is 39.3 Å². The molecule has 1 aromatic rings. The molecule has 1 aromatic carbocycles. The molecule has 0 saturated heterocycles. The Morgan fingerprint density at radius 1 is 1.57 bits per heavy atom. The molecular weight excluding hydrogens is 265 g/mol. The number of rotatable bonds is 3. The molecule has 1 amide bonds. The quantitative estimate of drug-likeness (QED) is 0.904. The lowest BCUT2D eigenvalue weighted by Gasteiger charge is -1.98. The molecule has 74 valence electrons. The second-order valence-corrected chi connectivity index (χ2v) is 4.03. The molecular formula is C10H9BrClNO. The summed E-state index contributed by atoms with van der Waals surface area (Å²) >= 11 is 9.14. The van der Waals surface area contributed by atoms with E-state index in [1.165, 1.54) is 0 Å². The Bertz CT molecular complexity index is 376. The van der Waals surface area contributed by atoms with Crippen molar-refractivity contribution in [3.63, 3.8) is 0 Å². The molecule has 0 aliphatic carbocycles. The van der Waals surface area contributed by atoms with Crippen molar-refractivity contribution >= 4 is 39.5 Å². The fourth-order valence-electron chi connectivity index (χ4n) is 0.939. The van der Waals surface area contributed by atoms with Crippen LogP contribution in [0.2, 0.25) is 5.02 Å². The number of hydrogen-bond acceptors (Lipinski definition) is 1. The second-order valence-electron chi connectivity index (χ2n) is 2.74. The van der Waals surface area contributed by atoms with Gasteiger partial charge in [0.1, 0.15) is 0 Å². The van der Waals surface area contributed by atoms with E-state index in [9.17, 15) is 4.79 Å². The minimum Gasteiger partial charge on any atom is -0.369 e. The Labute approximate surface area is 95.9 Å². The number of amides is 1. The maximum Gasteiger partial charge on any atom is 0.221 e. The van der Waals surface area contributed by atoms with Gasteiger partial charge >= 0.3 is 0 Å². The number of carbonyl (C=O) groups excluding carboxylic acids is 1. The van der Waals surface area contributed by atoms with E-state index in [-0.39, 0.29) is 12.3 Å². The molecule has 0 fully saturated rings. The van der Waals surface area contributed by atoms with Crippen LogP contribution in [-0.2, 0) is 4.79 Å². The highest BCUT2D eigenvalue weighted by molar-refractivity contribution is 9.10. The van der Waals surface area contributed by atoms with Crippen LogP contribution in [-0.4, -0.2) is 5.91 Å². The van der Waals surface area contributed by atoms with Gasteiger partial charge in [0.2, 0.25) is 5.91 Å². The van der Waals surface area contributed by atoms with Gasteiger partial charge in [-0.3, -0.25) is 4.79 Å². The van der Waals surface area contributed by atoms with Crippen LogP contribution >= 0.6 is 27.5 Å². The molecule has 0 bridgehead atoms. The van der Waals surface area contributed by atoms with Crippen LogP contribution in [0.25, 0.3) is 6.08 Å². The average Bonchev–Trinajstić information content (AvgIpc) is 2.08. The third-order valence-corrected chi connectivity index (χ3v) is 2.50. The van der Waals surface area contributed by atoms with Crippen LogP contribution in [0.5, 0.6) is 0 Å². The Morgan fingerprint density at radius 3 is 2.86 bits per heavy atom. The summed E-state index contributed by atoms with van der Waals surface area (Å²) in [5.74, 6) is -0.341. The Balaban J connectivity index is 2.76. The lowest BCUT2D eigenvalue weighted by atomic mass is 10.2. The van der Waals surface area contributed by atoms with E-state index in [0.29, 0.717) is 5.02 Å². The van der Waals surface area contributed by atoms with E-state index < -0.39 is 0 Å². The molecule has 2 N–H and O–H groups in total. The number of benzene rings is 1. The summed E-state index contributed by atoms with van der Waals surface area (Å²) in [5.41, 5.74) is 5.96. The predicted molar refractivity (Wildman–Crippen MR) is 62.0 cm³/mol. The van der Waals surface area contributed by atoms with Gasteiger partial charge in [-0.15, -0.1) is 0 Å². The second kappa shape index (κ2) is 5.17. The van der Waals surface area contributed by atoms with E-state index in [0.717, 1.165) is 10.0 Å². The number of primary amides is 1. The molecule has 14 heavy (non-hydrogen) atoms. The van der Waals surface area contributed by atoms with Gasteiger partial charge < -0.3 is 5.73 Å². The molecule has 0 spiro atoms. The first-order valence-corrected chi connectivity index (χ1v) is 5.16. The van der Waals surface area contributed by atoms with Crippen LogP contribution in [0.1, 0.15) is 12.0 Å². The van der Waals surface area contributed by atoms with Gasteiger partial charge in [0.25, 0.3) is 0 Å². The Kier molecular flexibility index (Phi) is 4.17. The van der Waals surface area contributed by atoms with Crippen molar-refractivity contribution in [3.8, 4) is 0 Å². The number of halogens is 2. The smallest absolute Gasteiger partial charge is 0.221 e. The van der Waals surface area contributed by atoms with E-state index in [1.807, 2.05) is 12.1 Å². The zero-order valence-corrected chi connectivity index (χ0v) is 9.68. The summed E-state index contributed by atoms with van der Waals surface area (Å²) in [6, 6.07) is 5.45. The van der Waals surface area contributed by atoms with E-state index in [1.54, 1.807) is 18.2 Å². The Hall–Kier alpha value is -0.800. The van der Waals surface area contributed by atoms with Gasteiger partial charge in [-0.05, 0) is 17.7 Å². The predicted octanol–water partition coefficient (Wildman–Crippen LogP) is 2.99. The highest BCUT2D eigenvalue weighted by Crippen LogP contribution is 2.22. The van der Waals surface area contributed by atoms with Crippen LogP contribution in [0.3, 0.4) is 0 Å². The third-order valence-electron chi connectivity index (χ3n) is 1.58. The standard InChI is InChI=1S/C10H9BrClNO/c11-9-6-8(12)5-4-7(9)2-1-3-10(13)14/h1-2,4-6H,3H2,(H2,13,14). The molecule has 0 radical (unpaired) electrons. The fraction of sp³-hybridized carbons (Fsp3) is 0.100. The monoisotopic (exact) mass is 273 g/mol. The summed E-state index contributed by atoms with van der Waals surface area (Å²) in [7, 11) is 0.